The molecule has 0 aromatic heterocycles. The van der Waals surface area contributed by atoms with Gasteiger partial charge in [-0.25, -0.2) is 0 Å². The Bertz CT molecular complexity index is 1320. The first-order valence-corrected chi connectivity index (χ1v) is 24.8. The molecule has 2 aromatic rings. The van der Waals surface area contributed by atoms with Crippen LogP contribution in [0, 0.1) is 12.8 Å². The molecule has 0 bridgehead atoms. The van der Waals surface area contributed by atoms with Gasteiger partial charge in [0.1, 0.15) is 19.6 Å². The average Bonchev–Trinajstić information content (AvgIpc) is 3.63. The molecule has 0 saturated carbocycles. The maximum atomic E-state index is 7.24. The molecular weight excluding hydrogens is 597 g/mol. The summed E-state index contributed by atoms with van der Waals surface area (Å²) in [5.41, 5.74) is 7.17. The Balaban J connectivity index is 1.68. The van der Waals surface area contributed by atoms with Crippen LogP contribution < -0.4 is 8.85 Å². The molecular formula is C40H58O2Si3. The maximum absolute atomic E-state index is 7.24. The van der Waals surface area contributed by atoms with E-state index in [2.05, 4.69) is 155 Å². The Morgan fingerprint density at radius 2 is 0.956 bits per heavy atom. The van der Waals surface area contributed by atoms with Crippen molar-refractivity contribution in [3.05, 3.63) is 107 Å². The van der Waals surface area contributed by atoms with E-state index in [1.54, 1.807) is 0 Å². The summed E-state index contributed by atoms with van der Waals surface area (Å²) in [4.78, 5) is 0. The van der Waals surface area contributed by atoms with Crippen LogP contribution >= 0.6 is 0 Å². The van der Waals surface area contributed by atoms with E-state index in [0.29, 0.717) is 22.2 Å². The Hall–Kier alpha value is -2.35. The Morgan fingerprint density at radius 1 is 0.600 bits per heavy atom. The van der Waals surface area contributed by atoms with Gasteiger partial charge in [0.15, 0.2) is 0 Å². The molecule has 0 saturated heterocycles. The van der Waals surface area contributed by atoms with Crippen molar-refractivity contribution in [2.75, 3.05) is 0 Å². The van der Waals surface area contributed by atoms with E-state index in [-0.39, 0.29) is 0 Å². The Kier molecular flexibility index (Phi) is 11.2. The predicted octanol–water partition coefficient (Wildman–Crippen LogP) is 12.5. The molecule has 0 atom stereocenters. The van der Waals surface area contributed by atoms with Crippen molar-refractivity contribution in [2.45, 2.75) is 116 Å². The van der Waals surface area contributed by atoms with Crippen LogP contribution in [0.2, 0.25) is 47.3 Å². The van der Waals surface area contributed by atoms with Crippen LogP contribution in [-0.4, -0.2) is 24.7 Å². The molecule has 0 fully saturated rings. The highest BCUT2D eigenvalue weighted by Gasteiger charge is 2.46. The largest absolute Gasteiger partial charge is 0.543 e. The normalized spacial score (nSPS) is 15.0. The van der Waals surface area contributed by atoms with Crippen molar-refractivity contribution in [1.82, 2.24) is 0 Å². The smallest absolute Gasteiger partial charge is 0.256 e. The summed E-state index contributed by atoms with van der Waals surface area (Å²) in [7, 11) is -6.19. The molecule has 2 aliphatic rings. The number of hydrogen-bond acceptors (Lipinski definition) is 2. The van der Waals surface area contributed by atoms with Crippen molar-refractivity contribution in [2.24, 2.45) is 0 Å². The highest BCUT2D eigenvalue weighted by Crippen LogP contribution is 2.48. The lowest BCUT2D eigenvalue weighted by atomic mass is 10.1. The highest BCUT2D eigenvalue weighted by atomic mass is 28.4. The molecule has 0 N–H and O–H groups in total. The fourth-order valence-electron chi connectivity index (χ4n) is 7.60. The van der Waals surface area contributed by atoms with Gasteiger partial charge in [0.25, 0.3) is 16.6 Å². The summed E-state index contributed by atoms with van der Waals surface area (Å²) in [5.74, 6) is 2.13. The second kappa shape index (κ2) is 14.2. The number of benzene rings is 2. The van der Waals surface area contributed by atoms with E-state index in [0.717, 1.165) is 36.4 Å². The fraction of sp³-hybridized carbons (Fsp3) is 0.450. The molecule has 0 heterocycles. The van der Waals surface area contributed by atoms with Gasteiger partial charge in [0.2, 0.25) is 0 Å². The molecule has 2 radical (unpaired) electrons. The molecule has 242 valence electrons. The molecule has 0 unspecified atom stereocenters. The number of rotatable bonds is 16. The Labute approximate surface area is 279 Å². The van der Waals surface area contributed by atoms with Gasteiger partial charge in [-0.15, -0.1) is 13.2 Å². The molecule has 5 heteroatoms. The van der Waals surface area contributed by atoms with Crippen LogP contribution in [0.1, 0.15) is 90.5 Å². The lowest BCUT2D eigenvalue weighted by Crippen LogP contribution is -2.47. The van der Waals surface area contributed by atoms with Crippen molar-refractivity contribution in [3.63, 3.8) is 0 Å². The number of allylic oxidation sites excluding steroid dienone is 4. The van der Waals surface area contributed by atoms with Gasteiger partial charge < -0.3 is 8.85 Å². The van der Waals surface area contributed by atoms with Gasteiger partial charge in [-0.3, -0.25) is 0 Å². The second-order valence-electron chi connectivity index (χ2n) is 15.0. The zero-order chi connectivity index (χ0) is 33.2. The maximum Gasteiger partial charge on any atom is 0.256 e. The van der Waals surface area contributed by atoms with Gasteiger partial charge in [-0.2, -0.15) is 0 Å². The standard InChI is InChI=1S/C40H58O2Si3/c1-13-15-23-44(29(3)4,30(5)6)41-39-21-17-19-33-25-35(27-37(33)39)43(11,12)36-26-34-20-18-22-40(38(34)28-36)42-45(31(7)8,32(9)10)24-16-14-2/h13-14,17-22,25-32H,1-2,15-16,23-24H2,3-12H3. The minimum Gasteiger partial charge on any atom is -0.543 e. The molecule has 2 aromatic carbocycles. The quantitative estimate of drug-likeness (QED) is 0.132. The summed E-state index contributed by atoms with van der Waals surface area (Å²) < 4.78 is 14.5. The Morgan fingerprint density at radius 3 is 1.27 bits per heavy atom. The van der Waals surface area contributed by atoms with Gasteiger partial charge in [-0.1, -0.05) is 127 Å². The summed E-state index contributed by atoms with van der Waals surface area (Å²) in [5, 5.41) is 2.91. The van der Waals surface area contributed by atoms with Crippen molar-refractivity contribution in [3.8, 4) is 11.5 Å². The summed E-state index contributed by atoms with van der Waals surface area (Å²) in [6, 6.07) is 15.5. The van der Waals surface area contributed by atoms with E-state index < -0.39 is 24.7 Å². The van der Waals surface area contributed by atoms with Crippen LogP contribution in [0.3, 0.4) is 0 Å². The first-order valence-electron chi connectivity index (χ1n) is 17.2. The van der Waals surface area contributed by atoms with Crippen LogP contribution in [0.5, 0.6) is 11.5 Å². The first kappa shape index (κ1) is 35.5. The molecule has 4 rings (SSSR count). The zero-order valence-electron chi connectivity index (χ0n) is 29.8. The van der Waals surface area contributed by atoms with E-state index in [1.165, 1.54) is 32.6 Å². The van der Waals surface area contributed by atoms with Crippen molar-refractivity contribution < 1.29 is 8.85 Å². The van der Waals surface area contributed by atoms with Gasteiger partial charge >= 0.3 is 0 Å². The highest BCUT2D eigenvalue weighted by molar-refractivity contribution is 6.93. The molecule has 0 amide bonds. The van der Waals surface area contributed by atoms with E-state index in [1.807, 2.05) is 0 Å². The minimum absolute atomic E-state index is 0.520. The third-order valence-corrected chi connectivity index (χ3v) is 25.5. The van der Waals surface area contributed by atoms with Crippen LogP contribution in [0.25, 0.3) is 12.2 Å². The van der Waals surface area contributed by atoms with Crippen LogP contribution in [-0.2, 0) is 0 Å². The number of hydrogen-bond donors (Lipinski definition) is 0. The average molecular weight is 655 g/mol. The molecule has 2 nitrogen and oxygen atoms in total. The molecule has 0 spiro atoms. The monoisotopic (exact) mass is 654 g/mol. The number of fused-ring (bicyclic) bond motifs is 2. The van der Waals surface area contributed by atoms with E-state index >= 15 is 0 Å². The summed E-state index contributed by atoms with van der Waals surface area (Å²) in [6.45, 7) is 31.9. The van der Waals surface area contributed by atoms with E-state index in [9.17, 15) is 0 Å². The van der Waals surface area contributed by atoms with Gasteiger partial charge in [0.05, 0.1) is 0 Å². The zero-order valence-corrected chi connectivity index (χ0v) is 32.8. The van der Waals surface area contributed by atoms with Crippen molar-refractivity contribution in [1.29, 1.82) is 0 Å². The second-order valence-corrected chi connectivity index (χ2v) is 29.3. The molecule has 45 heavy (non-hydrogen) atoms. The third kappa shape index (κ3) is 6.87. The van der Waals surface area contributed by atoms with Crippen LogP contribution in [0.15, 0.2) is 72.1 Å². The molecule has 2 aliphatic carbocycles. The summed E-state index contributed by atoms with van der Waals surface area (Å²) >= 11 is 0. The predicted molar refractivity (Wildman–Crippen MR) is 206 cm³/mol. The summed E-state index contributed by atoms with van der Waals surface area (Å²) in [6.07, 6.45) is 15.9. The minimum atomic E-state index is -2.08. The molecule has 0 aliphatic heterocycles. The SMILES string of the molecule is C=CCC[Si](Oc1cccc2c1C=C([Si](C)(C)C1=Cc3c(cccc3O[Si](CCC=C)(C(C)C)C(C)C)[CH]1)[CH]2)(C(C)C)C(C)C. The topological polar surface area (TPSA) is 18.5 Å². The van der Waals surface area contributed by atoms with E-state index in [4.69, 9.17) is 8.85 Å². The third-order valence-electron chi connectivity index (χ3n) is 10.9. The van der Waals surface area contributed by atoms with Gasteiger partial charge in [0, 0.05) is 24.0 Å². The first-order chi connectivity index (χ1) is 21.2. The lowest BCUT2D eigenvalue weighted by Gasteiger charge is -2.39. The van der Waals surface area contributed by atoms with Crippen LogP contribution in [0.4, 0.5) is 0 Å². The van der Waals surface area contributed by atoms with Gasteiger partial charge in [-0.05, 0) is 70.4 Å². The lowest BCUT2D eigenvalue weighted by molar-refractivity contribution is 0.493. The fourth-order valence-corrected chi connectivity index (χ4v) is 18.6. The van der Waals surface area contributed by atoms with Crippen molar-refractivity contribution >= 4 is 36.9 Å².